The van der Waals surface area contributed by atoms with E-state index < -0.39 is 17.8 Å². The highest BCUT2D eigenvalue weighted by Gasteiger charge is 2.36. The van der Waals surface area contributed by atoms with Crippen molar-refractivity contribution in [3.05, 3.63) is 22.2 Å². The lowest BCUT2D eigenvalue weighted by molar-refractivity contribution is -0.138. The zero-order valence-electron chi connectivity index (χ0n) is 14.8. The lowest BCUT2D eigenvalue weighted by atomic mass is 10.1. The van der Waals surface area contributed by atoms with Crippen molar-refractivity contribution in [2.75, 3.05) is 25.2 Å². The number of likely N-dealkylation sites (tertiary alicyclic amines) is 1. The van der Waals surface area contributed by atoms with E-state index >= 15 is 0 Å². The molecule has 1 atom stereocenters. The van der Waals surface area contributed by atoms with E-state index in [1.54, 1.807) is 4.90 Å². The molecular weight excluding hydrogens is 397 g/mol. The molecule has 4 rings (SSSR count). The van der Waals surface area contributed by atoms with E-state index in [-0.39, 0.29) is 40.2 Å². The molecule has 2 aliphatic heterocycles. The predicted octanol–water partition coefficient (Wildman–Crippen LogP) is 3.19. The number of aliphatic imine (C=N–C) groups is 1. The standard InChI is InChI=1S/C17H17F3N4O3S/c1-8-9(17(18,19)20)6-10-13(12(8)23-26)28-15(22-10)14-21-11(7-27-14)16(25)24-4-2-3-5-24/h6,11,23,26H,2-5,7H2,1H3/t11-/m0/s1. The number of thiazole rings is 1. The summed E-state index contributed by atoms with van der Waals surface area (Å²) >= 11 is 1.04. The Morgan fingerprint density at radius 3 is 2.75 bits per heavy atom. The largest absolute Gasteiger partial charge is 0.473 e. The molecule has 0 spiro atoms. The Morgan fingerprint density at radius 2 is 2.11 bits per heavy atom. The molecule has 0 saturated carbocycles. The molecule has 1 aromatic heterocycles. The quantitative estimate of drug-likeness (QED) is 0.754. The molecule has 0 radical (unpaired) electrons. The number of alkyl halides is 3. The zero-order chi connectivity index (χ0) is 20.1. The van der Waals surface area contributed by atoms with Crippen molar-refractivity contribution in [2.24, 2.45) is 4.99 Å². The monoisotopic (exact) mass is 414 g/mol. The van der Waals surface area contributed by atoms with Crippen LogP contribution in [0, 0.1) is 6.92 Å². The van der Waals surface area contributed by atoms with Crippen LogP contribution in [0.15, 0.2) is 11.1 Å². The third-order valence-electron chi connectivity index (χ3n) is 4.89. The number of halogens is 3. The Kier molecular flexibility index (Phi) is 4.66. The van der Waals surface area contributed by atoms with E-state index in [2.05, 4.69) is 9.98 Å². The van der Waals surface area contributed by atoms with Crippen molar-refractivity contribution in [3.8, 4) is 0 Å². The van der Waals surface area contributed by atoms with Crippen LogP contribution in [0.1, 0.15) is 29.0 Å². The molecule has 7 nitrogen and oxygen atoms in total. The van der Waals surface area contributed by atoms with Crippen LogP contribution in [0.4, 0.5) is 18.9 Å². The van der Waals surface area contributed by atoms with Crippen LogP contribution in [0.2, 0.25) is 0 Å². The third kappa shape index (κ3) is 3.18. The Morgan fingerprint density at radius 1 is 1.39 bits per heavy atom. The van der Waals surface area contributed by atoms with Gasteiger partial charge in [-0.15, -0.1) is 11.3 Å². The van der Waals surface area contributed by atoms with Gasteiger partial charge in [0.2, 0.25) is 5.90 Å². The van der Waals surface area contributed by atoms with Gasteiger partial charge in [0.25, 0.3) is 5.91 Å². The number of fused-ring (bicyclic) bond motifs is 1. The van der Waals surface area contributed by atoms with Gasteiger partial charge < -0.3 is 9.64 Å². The molecule has 1 fully saturated rings. The van der Waals surface area contributed by atoms with Gasteiger partial charge in [-0.2, -0.15) is 13.2 Å². The SMILES string of the molecule is Cc1c(C(F)(F)F)cc2nc(C3=N[C@H](C(=O)N4CCCC4)CO3)sc2c1NO. The van der Waals surface area contributed by atoms with Gasteiger partial charge in [0.15, 0.2) is 11.0 Å². The lowest BCUT2D eigenvalue weighted by Crippen LogP contribution is -2.36. The molecule has 3 heterocycles. The van der Waals surface area contributed by atoms with Crippen molar-refractivity contribution in [1.29, 1.82) is 0 Å². The van der Waals surface area contributed by atoms with Crippen molar-refractivity contribution in [2.45, 2.75) is 32.0 Å². The normalized spacial score (nSPS) is 19.8. The van der Waals surface area contributed by atoms with Crippen molar-refractivity contribution in [1.82, 2.24) is 9.88 Å². The topological polar surface area (TPSA) is 87.1 Å². The smallest absolute Gasteiger partial charge is 0.416 e. The second kappa shape index (κ2) is 6.89. The Labute approximate surface area is 161 Å². The molecule has 2 aromatic rings. The molecule has 0 unspecified atom stereocenters. The van der Waals surface area contributed by atoms with Crippen LogP contribution in [0.5, 0.6) is 0 Å². The van der Waals surface area contributed by atoms with Gasteiger partial charge in [-0.25, -0.2) is 9.98 Å². The summed E-state index contributed by atoms with van der Waals surface area (Å²) < 4.78 is 45.7. The molecule has 28 heavy (non-hydrogen) atoms. The third-order valence-corrected chi connectivity index (χ3v) is 5.97. The summed E-state index contributed by atoms with van der Waals surface area (Å²) in [5.74, 6) is 0.0235. The molecule has 1 amide bonds. The molecule has 1 saturated heterocycles. The Bertz CT molecular complexity index is 967. The van der Waals surface area contributed by atoms with E-state index in [9.17, 15) is 23.2 Å². The number of nitrogens with one attached hydrogen (secondary N) is 1. The van der Waals surface area contributed by atoms with Crippen LogP contribution in [0.3, 0.4) is 0 Å². The van der Waals surface area contributed by atoms with E-state index in [0.717, 1.165) is 30.2 Å². The fourth-order valence-electron chi connectivity index (χ4n) is 3.45. The Balaban J connectivity index is 1.70. The fourth-order valence-corrected chi connectivity index (χ4v) is 4.49. The van der Waals surface area contributed by atoms with Gasteiger partial charge in [-0.3, -0.25) is 15.5 Å². The molecule has 2 aliphatic rings. The number of aromatic nitrogens is 1. The number of nitrogens with zero attached hydrogens (tertiary/aromatic N) is 3. The number of hydrogen-bond acceptors (Lipinski definition) is 7. The minimum absolute atomic E-state index is 0.0585. The second-order valence-electron chi connectivity index (χ2n) is 6.69. The molecule has 0 aliphatic carbocycles. The van der Waals surface area contributed by atoms with Crippen LogP contribution >= 0.6 is 11.3 Å². The highest BCUT2D eigenvalue weighted by atomic mass is 32.1. The highest BCUT2D eigenvalue weighted by molar-refractivity contribution is 7.21. The van der Waals surface area contributed by atoms with Gasteiger partial charge in [-0.1, -0.05) is 0 Å². The number of anilines is 1. The summed E-state index contributed by atoms with van der Waals surface area (Å²) in [4.78, 5) is 22.7. The summed E-state index contributed by atoms with van der Waals surface area (Å²) in [7, 11) is 0. The summed E-state index contributed by atoms with van der Waals surface area (Å²) in [5, 5.41) is 9.63. The maximum Gasteiger partial charge on any atom is 0.416 e. The summed E-state index contributed by atoms with van der Waals surface area (Å²) in [6, 6.07) is 0.275. The van der Waals surface area contributed by atoms with Crippen LogP contribution in [0.25, 0.3) is 10.2 Å². The van der Waals surface area contributed by atoms with Crippen molar-refractivity contribution >= 4 is 39.0 Å². The first-order valence-electron chi connectivity index (χ1n) is 8.71. The fraction of sp³-hybridized carbons (Fsp3) is 0.471. The van der Waals surface area contributed by atoms with Gasteiger partial charge >= 0.3 is 6.18 Å². The number of benzene rings is 1. The van der Waals surface area contributed by atoms with E-state index in [4.69, 9.17) is 4.74 Å². The lowest BCUT2D eigenvalue weighted by Gasteiger charge is -2.16. The number of carbonyl (C=O) groups is 1. The predicted molar refractivity (Wildman–Crippen MR) is 96.9 cm³/mol. The summed E-state index contributed by atoms with van der Waals surface area (Å²) in [5.41, 5.74) is 0.839. The Hall–Kier alpha value is -2.40. The first kappa shape index (κ1) is 18.9. The number of carbonyl (C=O) groups excluding carboxylic acids is 1. The minimum atomic E-state index is -4.58. The maximum absolute atomic E-state index is 13.3. The molecule has 2 N–H and O–H groups in total. The van der Waals surface area contributed by atoms with Crippen LogP contribution < -0.4 is 5.48 Å². The number of rotatable bonds is 3. The number of hydrogen-bond donors (Lipinski definition) is 2. The first-order valence-corrected chi connectivity index (χ1v) is 9.52. The molecule has 0 bridgehead atoms. The van der Waals surface area contributed by atoms with Crippen molar-refractivity contribution < 1.29 is 27.9 Å². The zero-order valence-corrected chi connectivity index (χ0v) is 15.7. The number of amides is 1. The molecule has 150 valence electrons. The second-order valence-corrected chi connectivity index (χ2v) is 7.69. The van der Waals surface area contributed by atoms with E-state index in [0.29, 0.717) is 17.8 Å². The molecule has 11 heteroatoms. The van der Waals surface area contributed by atoms with E-state index in [1.807, 2.05) is 5.48 Å². The average Bonchev–Trinajstić information content (AvgIpc) is 3.38. The van der Waals surface area contributed by atoms with Crippen LogP contribution in [-0.2, 0) is 15.7 Å². The first-order chi connectivity index (χ1) is 13.3. The van der Waals surface area contributed by atoms with Gasteiger partial charge in [-0.05, 0) is 31.4 Å². The summed E-state index contributed by atoms with van der Waals surface area (Å²) in [6.45, 7) is 2.76. The summed E-state index contributed by atoms with van der Waals surface area (Å²) in [6.07, 6.45) is -2.65. The van der Waals surface area contributed by atoms with Crippen LogP contribution in [-0.4, -0.2) is 52.6 Å². The molecule has 1 aromatic carbocycles. The average molecular weight is 414 g/mol. The van der Waals surface area contributed by atoms with E-state index in [1.165, 1.54) is 6.92 Å². The van der Waals surface area contributed by atoms with Gasteiger partial charge in [0.1, 0.15) is 6.61 Å². The van der Waals surface area contributed by atoms with Gasteiger partial charge in [0, 0.05) is 13.1 Å². The number of ether oxygens (including phenoxy) is 1. The van der Waals surface area contributed by atoms with Gasteiger partial charge in [0.05, 0.1) is 21.5 Å². The maximum atomic E-state index is 13.3. The molecular formula is C17H17F3N4O3S. The highest BCUT2D eigenvalue weighted by Crippen LogP contribution is 2.41. The van der Waals surface area contributed by atoms with Crippen molar-refractivity contribution in [3.63, 3.8) is 0 Å². The minimum Gasteiger partial charge on any atom is -0.473 e.